The lowest BCUT2D eigenvalue weighted by molar-refractivity contribution is 0.256. The van der Waals surface area contributed by atoms with Crippen LogP contribution in [-0.4, -0.2) is 25.0 Å². The third-order valence-corrected chi connectivity index (χ3v) is 5.34. The first-order valence-corrected chi connectivity index (χ1v) is 11.7. The van der Waals surface area contributed by atoms with Crippen LogP contribution in [0.2, 0.25) is 0 Å². The Labute approximate surface area is 166 Å². The fourth-order valence-electron chi connectivity index (χ4n) is 3.54. The van der Waals surface area contributed by atoms with Gasteiger partial charge in [0.1, 0.15) is 0 Å². The zero-order valence-electron chi connectivity index (χ0n) is 18.6. The molecule has 0 rings (SSSR count). The van der Waals surface area contributed by atoms with Crippen molar-refractivity contribution in [2.45, 2.75) is 123 Å². The summed E-state index contributed by atoms with van der Waals surface area (Å²) in [5.41, 5.74) is 0. The average molecular weight is 364 g/mol. The van der Waals surface area contributed by atoms with Crippen molar-refractivity contribution in [3.05, 3.63) is 24.3 Å². The Morgan fingerprint density at radius 1 is 0.577 bits per heavy atom. The molecule has 0 fully saturated rings. The van der Waals surface area contributed by atoms with Crippen LogP contribution in [-0.2, 0) is 0 Å². The highest BCUT2D eigenvalue weighted by molar-refractivity contribution is 4.92. The maximum atomic E-state index is 2.42. The number of allylic oxidation sites excluding steroid dienone is 4. The molecular weight excluding hydrogens is 314 g/mol. The Balaban J connectivity index is 3.32. The minimum absolute atomic E-state index is 0.804. The lowest BCUT2D eigenvalue weighted by atomic mass is 10.0. The standard InChI is InChI=1S/C25H49N/c1-5-7-8-9-10-11-12-13-14-15-16-17-18-19-20-21-22-24-25(23-6-2)26(3)4/h10-11,13-14,25H,5-9,12,15-24H2,1-4H3/b11-10+,14-13+. The summed E-state index contributed by atoms with van der Waals surface area (Å²) in [4.78, 5) is 2.42. The first-order valence-electron chi connectivity index (χ1n) is 11.7. The molecule has 0 aliphatic heterocycles. The number of unbranched alkanes of at least 4 members (excludes halogenated alkanes) is 10. The van der Waals surface area contributed by atoms with Crippen LogP contribution in [0.25, 0.3) is 0 Å². The molecule has 0 bridgehead atoms. The third-order valence-electron chi connectivity index (χ3n) is 5.34. The second-order valence-electron chi connectivity index (χ2n) is 8.13. The summed E-state index contributed by atoms with van der Waals surface area (Å²) in [6, 6.07) is 0.804. The van der Waals surface area contributed by atoms with Gasteiger partial charge in [0.2, 0.25) is 0 Å². The Hall–Kier alpha value is -0.560. The van der Waals surface area contributed by atoms with E-state index < -0.39 is 0 Å². The zero-order valence-corrected chi connectivity index (χ0v) is 18.6. The second-order valence-corrected chi connectivity index (χ2v) is 8.13. The minimum atomic E-state index is 0.804. The molecule has 0 saturated heterocycles. The van der Waals surface area contributed by atoms with Gasteiger partial charge in [0.25, 0.3) is 0 Å². The van der Waals surface area contributed by atoms with Crippen LogP contribution in [0.5, 0.6) is 0 Å². The Kier molecular flexibility index (Phi) is 20.3. The summed E-state index contributed by atoms with van der Waals surface area (Å²) in [5, 5.41) is 0. The van der Waals surface area contributed by atoms with E-state index >= 15 is 0 Å². The van der Waals surface area contributed by atoms with E-state index in [1.54, 1.807) is 0 Å². The number of rotatable bonds is 19. The Morgan fingerprint density at radius 2 is 1.12 bits per heavy atom. The lowest BCUT2D eigenvalue weighted by Gasteiger charge is -2.23. The molecule has 0 amide bonds. The predicted molar refractivity (Wildman–Crippen MR) is 121 cm³/mol. The molecule has 0 aromatic heterocycles. The summed E-state index contributed by atoms with van der Waals surface area (Å²) in [6.07, 6.45) is 31.1. The molecule has 154 valence electrons. The molecular formula is C25H49N. The van der Waals surface area contributed by atoms with E-state index in [2.05, 4.69) is 57.1 Å². The summed E-state index contributed by atoms with van der Waals surface area (Å²) >= 11 is 0. The molecule has 1 heteroatoms. The zero-order chi connectivity index (χ0) is 19.3. The van der Waals surface area contributed by atoms with Gasteiger partial charge in [0, 0.05) is 6.04 Å². The molecule has 0 aromatic carbocycles. The molecule has 0 aliphatic carbocycles. The van der Waals surface area contributed by atoms with Crippen molar-refractivity contribution in [2.24, 2.45) is 0 Å². The third kappa shape index (κ3) is 18.2. The maximum absolute atomic E-state index is 2.42. The van der Waals surface area contributed by atoms with Crippen molar-refractivity contribution in [3.63, 3.8) is 0 Å². The van der Waals surface area contributed by atoms with E-state index in [0.717, 1.165) is 12.5 Å². The molecule has 1 unspecified atom stereocenters. The first-order chi connectivity index (χ1) is 12.7. The molecule has 1 atom stereocenters. The monoisotopic (exact) mass is 363 g/mol. The summed E-state index contributed by atoms with van der Waals surface area (Å²) < 4.78 is 0. The first kappa shape index (κ1) is 25.4. The fraction of sp³-hybridized carbons (Fsp3) is 0.840. The van der Waals surface area contributed by atoms with Crippen LogP contribution in [0.3, 0.4) is 0 Å². The molecule has 0 spiro atoms. The summed E-state index contributed by atoms with van der Waals surface area (Å²) in [6.45, 7) is 4.57. The van der Waals surface area contributed by atoms with Gasteiger partial charge < -0.3 is 4.90 Å². The minimum Gasteiger partial charge on any atom is -0.306 e. The Morgan fingerprint density at radius 3 is 1.65 bits per heavy atom. The van der Waals surface area contributed by atoms with Crippen molar-refractivity contribution in [2.75, 3.05) is 14.1 Å². The SMILES string of the molecule is CCCCC/C=C/C/C=C/CCCCCCCCCC(CCC)N(C)C. The number of hydrogen-bond donors (Lipinski definition) is 0. The van der Waals surface area contributed by atoms with Crippen LogP contribution in [0.4, 0.5) is 0 Å². The highest BCUT2D eigenvalue weighted by Gasteiger charge is 2.08. The van der Waals surface area contributed by atoms with Crippen LogP contribution in [0.1, 0.15) is 117 Å². The molecule has 26 heavy (non-hydrogen) atoms. The van der Waals surface area contributed by atoms with Crippen LogP contribution >= 0.6 is 0 Å². The number of nitrogens with zero attached hydrogens (tertiary/aromatic N) is 1. The van der Waals surface area contributed by atoms with Gasteiger partial charge in [-0.2, -0.15) is 0 Å². The van der Waals surface area contributed by atoms with Crippen LogP contribution in [0.15, 0.2) is 24.3 Å². The molecule has 0 saturated carbocycles. The van der Waals surface area contributed by atoms with Crippen molar-refractivity contribution in [3.8, 4) is 0 Å². The highest BCUT2D eigenvalue weighted by Crippen LogP contribution is 2.15. The molecule has 1 nitrogen and oxygen atoms in total. The lowest BCUT2D eigenvalue weighted by Crippen LogP contribution is -2.27. The van der Waals surface area contributed by atoms with Gasteiger partial charge in [0.15, 0.2) is 0 Å². The van der Waals surface area contributed by atoms with Crippen LogP contribution in [0, 0.1) is 0 Å². The van der Waals surface area contributed by atoms with E-state index in [9.17, 15) is 0 Å². The normalized spacial score (nSPS) is 13.4. The summed E-state index contributed by atoms with van der Waals surface area (Å²) in [5.74, 6) is 0. The smallest absolute Gasteiger partial charge is 0.00890 e. The molecule has 0 N–H and O–H groups in total. The molecule has 0 aliphatic rings. The van der Waals surface area contributed by atoms with E-state index in [-0.39, 0.29) is 0 Å². The van der Waals surface area contributed by atoms with E-state index in [1.807, 2.05) is 0 Å². The van der Waals surface area contributed by atoms with Crippen molar-refractivity contribution in [1.29, 1.82) is 0 Å². The van der Waals surface area contributed by atoms with Crippen molar-refractivity contribution >= 4 is 0 Å². The Bertz CT molecular complexity index is 316. The average Bonchev–Trinajstić information content (AvgIpc) is 2.63. The van der Waals surface area contributed by atoms with Gasteiger partial charge in [-0.05, 0) is 59.0 Å². The highest BCUT2D eigenvalue weighted by atomic mass is 15.1. The van der Waals surface area contributed by atoms with Gasteiger partial charge in [-0.1, -0.05) is 95.9 Å². The fourth-order valence-corrected chi connectivity index (χ4v) is 3.54. The van der Waals surface area contributed by atoms with Crippen molar-refractivity contribution in [1.82, 2.24) is 4.90 Å². The number of hydrogen-bond acceptors (Lipinski definition) is 1. The van der Waals surface area contributed by atoms with Gasteiger partial charge >= 0.3 is 0 Å². The van der Waals surface area contributed by atoms with Crippen molar-refractivity contribution < 1.29 is 0 Å². The van der Waals surface area contributed by atoms with E-state index in [1.165, 1.54) is 96.3 Å². The van der Waals surface area contributed by atoms with Gasteiger partial charge in [-0.3, -0.25) is 0 Å². The molecule has 0 radical (unpaired) electrons. The topological polar surface area (TPSA) is 3.24 Å². The van der Waals surface area contributed by atoms with Gasteiger partial charge in [0.05, 0.1) is 0 Å². The molecule has 0 aromatic rings. The summed E-state index contributed by atoms with van der Waals surface area (Å²) in [7, 11) is 4.47. The second kappa shape index (κ2) is 20.7. The quantitative estimate of drug-likeness (QED) is 0.165. The maximum Gasteiger partial charge on any atom is 0.00890 e. The van der Waals surface area contributed by atoms with E-state index in [0.29, 0.717) is 0 Å². The van der Waals surface area contributed by atoms with E-state index in [4.69, 9.17) is 0 Å². The predicted octanol–water partition coefficient (Wildman–Crippen LogP) is 8.31. The largest absolute Gasteiger partial charge is 0.306 e. The van der Waals surface area contributed by atoms with Crippen LogP contribution < -0.4 is 0 Å². The molecule has 0 heterocycles. The van der Waals surface area contributed by atoms with Gasteiger partial charge in [-0.15, -0.1) is 0 Å². The van der Waals surface area contributed by atoms with Gasteiger partial charge in [-0.25, -0.2) is 0 Å².